The van der Waals surface area contributed by atoms with Crippen molar-refractivity contribution in [3.05, 3.63) is 83.6 Å². The molecular formula is C25H21ClN4O2. The van der Waals surface area contributed by atoms with E-state index in [-0.39, 0.29) is 18.2 Å². The first-order valence-corrected chi connectivity index (χ1v) is 10.8. The standard InChI is InChI=1S/C25H21ClN4O2/c1-16-4-3-11-29-15-22(28-24(16)29)17-5-2-6-20(12-17)27-25(32)18-13-23(31)30(14-18)21-9-7-19(26)8-10-21/h2-12,15,18H,13-14H2,1H3,(H,27,32)/t18-/m0/s1. The molecule has 2 amide bonds. The van der Waals surface area contributed by atoms with Crippen molar-refractivity contribution in [2.75, 3.05) is 16.8 Å². The Labute approximate surface area is 190 Å². The third-order valence-corrected chi connectivity index (χ3v) is 5.99. The number of aromatic nitrogens is 2. The van der Waals surface area contributed by atoms with E-state index < -0.39 is 5.92 Å². The number of nitrogens with one attached hydrogen (secondary N) is 1. The predicted octanol–water partition coefficient (Wildman–Crippen LogP) is 4.95. The van der Waals surface area contributed by atoms with E-state index in [1.807, 2.05) is 60.1 Å². The Kier molecular flexibility index (Phi) is 5.15. The Morgan fingerprint density at radius 2 is 1.94 bits per heavy atom. The van der Waals surface area contributed by atoms with Gasteiger partial charge in [-0.2, -0.15) is 0 Å². The number of halogens is 1. The minimum Gasteiger partial charge on any atom is -0.326 e. The topological polar surface area (TPSA) is 66.7 Å². The molecule has 0 saturated carbocycles. The van der Waals surface area contributed by atoms with Crippen LogP contribution in [0, 0.1) is 12.8 Å². The molecule has 0 unspecified atom stereocenters. The minimum atomic E-state index is -0.417. The molecule has 160 valence electrons. The Morgan fingerprint density at radius 3 is 2.72 bits per heavy atom. The van der Waals surface area contributed by atoms with Crippen LogP contribution in [0.3, 0.4) is 0 Å². The average Bonchev–Trinajstić information content (AvgIpc) is 3.39. The van der Waals surface area contributed by atoms with Crippen LogP contribution in [0.15, 0.2) is 73.1 Å². The van der Waals surface area contributed by atoms with Gasteiger partial charge in [0.1, 0.15) is 5.65 Å². The number of carbonyl (C=O) groups is 2. The summed E-state index contributed by atoms with van der Waals surface area (Å²) in [6, 6.07) is 18.7. The number of benzene rings is 2. The maximum absolute atomic E-state index is 12.9. The van der Waals surface area contributed by atoms with Crippen LogP contribution in [0.25, 0.3) is 16.9 Å². The van der Waals surface area contributed by atoms with Crippen molar-refractivity contribution >= 4 is 40.4 Å². The molecule has 0 bridgehead atoms. The number of amides is 2. The van der Waals surface area contributed by atoms with Gasteiger partial charge in [-0.1, -0.05) is 29.8 Å². The first kappa shape index (κ1) is 20.3. The third kappa shape index (κ3) is 3.85. The highest BCUT2D eigenvalue weighted by atomic mass is 35.5. The normalized spacial score (nSPS) is 16.0. The quantitative estimate of drug-likeness (QED) is 0.484. The van der Waals surface area contributed by atoms with E-state index in [0.717, 1.165) is 28.2 Å². The zero-order valence-electron chi connectivity index (χ0n) is 17.5. The number of imidazole rings is 1. The van der Waals surface area contributed by atoms with Crippen molar-refractivity contribution in [3.63, 3.8) is 0 Å². The lowest BCUT2D eigenvalue weighted by Crippen LogP contribution is -2.28. The van der Waals surface area contributed by atoms with Crippen LogP contribution in [-0.2, 0) is 9.59 Å². The zero-order chi connectivity index (χ0) is 22.2. The highest BCUT2D eigenvalue weighted by Crippen LogP contribution is 2.28. The summed E-state index contributed by atoms with van der Waals surface area (Å²) in [5.41, 5.74) is 5.18. The lowest BCUT2D eigenvalue weighted by atomic mass is 10.1. The molecule has 7 heteroatoms. The van der Waals surface area contributed by atoms with Crippen molar-refractivity contribution in [3.8, 4) is 11.3 Å². The molecular weight excluding hydrogens is 424 g/mol. The molecule has 1 aliphatic heterocycles. The Balaban J connectivity index is 1.32. The summed E-state index contributed by atoms with van der Waals surface area (Å²) < 4.78 is 1.99. The van der Waals surface area contributed by atoms with Gasteiger partial charge in [0.05, 0.1) is 11.6 Å². The lowest BCUT2D eigenvalue weighted by Gasteiger charge is -2.17. The fourth-order valence-corrected chi connectivity index (χ4v) is 4.17. The van der Waals surface area contributed by atoms with Crippen molar-refractivity contribution in [2.24, 2.45) is 5.92 Å². The smallest absolute Gasteiger partial charge is 0.229 e. The Hall–Kier alpha value is -3.64. The molecule has 1 aliphatic rings. The van der Waals surface area contributed by atoms with E-state index in [2.05, 4.69) is 5.32 Å². The molecule has 1 atom stereocenters. The van der Waals surface area contributed by atoms with Gasteiger partial charge in [-0.3, -0.25) is 9.59 Å². The molecule has 0 spiro atoms. The van der Waals surface area contributed by atoms with Crippen LogP contribution < -0.4 is 10.2 Å². The van der Waals surface area contributed by atoms with Gasteiger partial charge < -0.3 is 14.6 Å². The molecule has 3 heterocycles. The van der Waals surface area contributed by atoms with Crippen LogP contribution in [0.5, 0.6) is 0 Å². The number of rotatable bonds is 4. The molecule has 1 N–H and O–H groups in total. The predicted molar refractivity (Wildman–Crippen MR) is 126 cm³/mol. The largest absolute Gasteiger partial charge is 0.326 e. The van der Waals surface area contributed by atoms with Gasteiger partial charge in [0.15, 0.2) is 0 Å². The van der Waals surface area contributed by atoms with E-state index >= 15 is 0 Å². The van der Waals surface area contributed by atoms with E-state index in [0.29, 0.717) is 17.3 Å². The third-order valence-electron chi connectivity index (χ3n) is 5.74. The number of anilines is 2. The fraction of sp³-hybridized carbons (Fsp3) is 0.160. The van der Waals surface area contributed by atoms with Crippen LogP contribution in [0.1, 0.15) is 12.0 Å². The molecule has 1 fully saturated rings. The van der Waals surface area contributed by atoms with Crippen molar-refractivity contribution in [1.29, 1.82) is 0 Å². The molecule has 2 aromatic carbocycles. The minimum absolute atomic E-state index is 0.0682. The van der Waals surface area contributed by atoms with Crippen LogP contribution in [-0.4, -0.2) is 27.7 Å². The van der Waals surface area contributed by atoms with Gasteiger partial charge in [-0.25, -0.2) is 4.98 Å². The second kappa shape index (κ2) is 8.13. The number of hydrogen-bond donors (Lipinski definition) is 1. The van der Waals surface area contributed by atoms with E-state index in [1.54, 1.807) is 29.2 Å². The second-order valence-electron chi connectivity index (χ2n) is 8.00. The highest BCUT2D eigenvalue weighted by molar-refractivity contribution is 6.30. The first-order chi connectivity index (χ1) is 15.5. The van der Waals surface area contributed by atoms with Crippen LogP contribution >= 0.6 is 11.6 Å². The summed E-state index contributed by atoms with van der Waals surface area (Å²) in [4.78, 5) is 31.7. The summed E-state index contributed by atoms with van der Waals surface area (Å²) >= 11 is 5.94. The van der Waals surface area contributed by atoms with Crippen molar-refractivity contribution in [1.82, 2.24) is 9.38 Å². The SMILES string of the molecule is Cc1cccn2cc(-c3cccc(NC(=O)[C@H]4CC(=O)N(c5ccc(Cl)cc5)C4)c3)nc12. The monoisotopic (exact) mass is 444 g/mol. The molecule has 4 aromatic rings. The number of nitrogens with zero attached hydrogens (tertiary/aromatic N) is 3. The summed E-state index contributed by atoms with van der Waals surface area (Å²) in [6.07, 6.45) is 4.12. The average molecular weight is 445 g/mol. The lowest BCUT2D eigenvalue weighted by molar-refractivity contribution is -0.122. The van der Waals surface area contributed by atoms with Gasteiger partial charge in [0, 0.05) is 47.3 Å². The number of hydrogen-bond acceptors (Lipinski definition) is 3. The van der Waals surface area contributed by atoms with Gasteiger partial charge >= 0.3 is 0 Å². The maximum atomic E-state index is 12.9. The van der Waals surface area contributed by atoms with Crippen LogP contribution in [0.2, 0.25) is 5.02 Å². The fourth-order valence-electron chi connectivity index (χ4n) is 4.05. The number of carbonyl (C=O) groups excluding carboxylic acids is 2. The molecule has 5 rings (SSSR count). The highest BCUT2D eigenvalue weighted by Gasteiger charge is 2.35. The summed E-state index contributed by atoms with van der Waals surface area (Å²) in [7, 11) is 0. The molecule has 1 saturated heterocycles. The van der Waals surface area contributed by atoms with E-state index in [9.17, 15) is 9.59 Å². The summed E-state index contributed by atoms with van der Waals surface area (Å²) in [6.45, 7) is 2.37. The molecule has 32 heavy (non-hydrogen) atoms. The van der Waals surface area contributed by atoms with E-state index in [4.69, 9.17) is 16.6 Å². The van der Waals surface area contributed by atoms with Crippen molar-refractivity contribution < 1.29 is 9.59 Å². The Morgan fingerprint density at radius 1 is 1.12 bits per heavy atom. The van der Waals surface area contributed by atoms with Gasteiger partial charge in [0.2, 0.25) is 11.8 Å². The maximum Gasteiger partial charge on any atom is 0.229 e. The number of pyridine rings is 1. The van der Waals surface area contributed by atoms with Gasteiger partial charge in [-0.05, 0) is 55.0 Å². The van der Waals surface area contributed by atoms with Crippen molar-refractivity contribution in [2.45, 2.75) is 13.3 Å². The summed E-state index contributed by atoms with van der Waals surface area (Å²) in [5, 5.41) is 3.57. The molecule has 2 aromatic heterocycles. The summed E-state index contributed by atoms with van der Waals surface area (Å²) in [5.74, 6) is -0.654. The zero-order valence-corrected chi connectivity index (χ0v) is 18.2. The molecule has 6 nitrogen and oxygen atoms in total. The number of aryl methyl sites for hydroxylation is 1. The first-order valence-electron chi connectivity index (χ1n) is 10.4. The van der Waals surface area contributed by atoms with Gasteiger partial charge in [-0.15, -0.1) is 0 Å². The van der Waals surface area contributed by atoms with Crippen LogP contribution in [0.4, 0.5) is 11.4 Å². The van der Waals surface area contributed by atoms with E-state index in [1.165, 1.54) is 0 Å². The molecule has 0 aliphatic carbocycles. The molecule has 0 radical (unpaired) electrons. The second-order valence-corrected chi connectivity index (χ2v) is 8.44. The van der Waals surface area contributed by atoms with Gasteiger partial charge in [0.25, 0.3) is 0 Å². The Bertz CT molecular complexity index is 1330. The number of fused-ring (bicyclic) bond motifs is 1.